The third kappa shape index (κ3) is 3.86. The quantitative estimate of drug-likeness (QED) is 0.665. The van der Waals surface area contributed by atoms with Crippen LogP contribution in [0.4, 0.5) is 0 Å². The van der Waals surface area contributed by atoms with Crippen molar-refractivity contribution < 1.29 is 14.0 Å². The van der Waals surface area contributed by atoms with Crippen molar-refractivity contribution in [2.45, 2.75) is 45.1 Å². The average Bonchev–Trinajstić information content (AvgIpc) is 3.33. The molecule has 0 N–H and O–H groups in total. The first-order chi connectivity index (χ1) is 12.8. The van der Waals surface area contributed by atoms with Crippen LogP contribution in [0.5, 0.6) is 0 Å². The summed E-state index contributed by atoms with van der Waals surface area (Å²) in [7, 11) is 0. The lowest BCUT2D eigenvalue weighted by Crippen LogP contribution is -2.24. The first-order valence-corrected chi connectivity index (χ1v) is 9.09. The van der Waals surface area contributed by atoms with E-state index in [1.807, 2.05) is 54.1 Å². The lowest BCUT2D eigenvalue weighted by molar-refractivity contribution is -0.188. The van der Waals surface area contributed by atoms with Gasteiger partial charge in [-0.2, -0.15) is 0 Å². The van der Waals surface area contributed by atoms with Crippen LogP contribution < -0.4 is 0 Å². The highest BCUT2D eigenvalue weighted by Gasteiger charge is 2.21. The Bertz CT molecular complexity index is 822. The summed E-state index contributed by atoms with van der Waals surface area (Å²) in [5.41, 5.74) is 1.87. The second-order valence-electron chi connectivity index (χ2n) is 6.54. The van der Waals surface area contributed by atoms with Gasteiger partial charge >= 0.3 is 0 Å². The van der Waals surface area contributed by atoms with Gasteiger partial charge in [-0.3, -0.25) is 0 Å². The van der Waals surface area contributed by atoms with Gasteiger partial charge in [-0.05, 0) is 26.2 Å². The first kappa shape index (κ1) is 17.0. The Morgan fingerprint density at radius 3 is 2.96 bits per heavy atom. The predicted molar refractivity (Wildman–Crippen MR) is 96.4 cm³/mol. The van der Waals surface area contributed by atoms with Crippen molar-refractivity contribution in [1.29, 1.82) is 0 Å². The van der Waals surface area contributed by atoms with Gasteiger partial charge in [-0.1, -0.05) is 35.5 Å². The monoisotopic (exact) mass is 353 g/mol. The highest BCUT2D eigenvalue weighted by molar-refractivity contribution is 5.56. The van der Waals surface area contributed by atoms with Gasteiger partial charge in [0.15, 0.2) is 12.1 Å². The fraction of sp³-hybridized carbons (Fsp3) is 0.400. The third-order valence-corrected chi connectivity index (χ3v) is 4.55. The van der Waals surface area contributed by atoms with E-state index in [0.717, 1.165) is 48.7 Å². The molecule has 26 heavy (non-hydrogen) atoms. The summed E-state index contributed by atoms with van der Waals surface area (Å²) in [5, 5.41) is 4.19. The van der Waals surface area contributed by atoms with Gasteiger partial charge < -0.3 is 18.6 Å². The summed E-state index contributed by atoms with van der Waals surface area (Å²) in [4.78, 5) is 4.47. The van der Waals surface area contributed by atoms with Crippen molar-refractivity contribution >= 4 is 0 Å². The lowest BCUT2D eigenvalue weighted by atomic mass is 10.1. The van der Waals surface area contributed by atoms with Gasteiger partial charge in [0.25, 0.3) is 0 Å². The summed E-state index contributed by atoms with van der Waals surface area (Å²) >= 11 is 0. The molecule has 1 unspecified atom stereocenters. The molecule has 4 rings (SSSR count). The van der Waals surface area contributed by atoms with Gasteiger partial charge in [-0.25, -0.2) is 4.98 Å². The summed E-state index contributed by atoms with van der Waals surface area (Å²) in [6.07, 6.45) is 6.64. The molecule has 3 aromatic rings. The zero-order valence-corrected chi connectivity index (χ0v) is 14.9. The van der Waals surface area contributed by atoms with Gasteiger partial charge in [-0.15, -0.1) is 0 Å². The van der Waals surface area contributed by atoms with E-state index in [-0.39, 0.29) is 12.4 Å². The molecular formula is C20H23N3O3. The number of imidazole rings is 1. The van der Waals surface area contributed by atoms with Crippen molar-refractivity contribution in [3.63, 3.8) is 0 Å². The van der Waals surface area contributed by atoms with Crippen LogP contribution in [0.1, 0.15) is 43.8 Å². The Morgan fingerprint density at radius 2 is 2.15 bits per heavy atom. The van der Waals surface area contributed by atoms with E-state index >= 15 is 0 Å². The smallest absolute Gasteiger partial charge is 0.167 e. The maximum Gasteiger partial charge on any atom is 0.167 e. The minimum Gasteiger partial charge on any atom is -0.356 e. The van der Waals surface area contributed by atoms with E-state index in [0.29, 0.717) is 6.54 Å². The largest absolute Gasteiger partial charge is 0.356 e. The van der Waals surface area contributed by atoms with Gasteiger partial charge in [0, 0.05) is 30.6 Å². The van der Waals surface area contributed by atoms with Gasteiger partial charge in [0.05, 0.1) is 6.54 Å². The van der Waals surface area contributed by atoms with Crippen molar-refractivity contribution in [2.24, 2.45) is 0 Å². The van der Waals surface area contributed by atoms with E-state index in [1.54, 1.807) is 6.20 Å². The summed E-state index contributed by atoms with van der Waals surface area (Å²) in [6.45, 7) is 3.37. The predicted octanol–water partition coefficient (Wildman–Crippen LogP) is 4.19. The summed E-state index contributed by atoms with van der Waals surface area (Å²) in [5.74, 6) is 1.63. The molecule has 0 amide bonds. The zero-order valence-electron chi connectivity index (χ0n) is 14.9. The average molecular weight is 353 g/mol. The summed E-state index contributed by atoms with van der Waals surface area (Å²) < 4.78 is 19.2. The molecule has 2 aromatic heterocycles. The molecule has 0 bridgehead atoms. The maximum atomic E-state index is 6.04. The van der Waals surface area contributed by atoms with Crippen LogP contribution in [0.3, 0.4) is 0 Å². The van der Waals surface area contributed by atoms with Gasteiger partial charge in [0.2, 0.25) is 0 Å². The Hall–Kier alpha value is -2.44. The van der Waals surface area contributed by atoms with Crippen LogP contribution in [0.15, 0.2) is 53.3 Å². The number of rotatable bonds is 6. The molecule has 1 aliphatic heterocycles. The Kier molecular flexibility index (Phi) is 5.13. The Balaban J connectivity index is 1.44. The molecule has 3 heterocycles. The van der Waals surface area contributed by atoms with Crippen LogP contribution in [-0.4, -0.2) is 27.6 Å². The molecule has 0 aliphatic carbocycles. The van der Waals surface area contributed by atoms with E-state index < -0.39 is 0 Å². The lowest BCUT2D eigenvalue weighted by Gasteiger charge is -2.26. The molecule has 6 nitrogen and oxygen atoms in total. The van der Waals surface area contributed by atoms with Crippen molar-refractivity contribution in [1.82, 2.24) is 14.7 Å². The third-order valence-electron chi connectivity index (χ3n) is 4.55. The Labute approximate surface area is 152 Å². The number of hydrogen-bond donors (Lipinski definition) is 0. The molecule has 0 radical (unpaired) electrons. The molecule has 6 heteroatoms. The molecule has 136 valence electrons. The SMILES string of the molecule is C[C@H](OC1CCCCO1)c1nccn1Cc1cc(-c2ccccc2)on1. The standard InChI is InChI=1S/C20H23N3O3/c1-15(25-19-9-5-6-12-24-19)20-21-10-11-23(20)14-17-13-18(26-22-17)16-7-3-2-4-8-16/h2-4,7-8,10-11,13,15,19H,5-6,9,12,14H2,1H3/t15-,19?/m0/s1. The Morgan fingerprint density at radius 1 is 1.27 bits per heavy atom. The highest BCUT2D eigenvalue weighted by Crippen LogP contribution is 2.24. The number of benzene rings is 1. The molecule has 1 fully saturated rings. The number of hydrogen-bond acceptors (Lipinski definition) is 5. The fourth-order valence-electron chi connectivity index (χ4n) is 3.22. The molecule has 0 spiro atoms. The van der Waals surface area contributed by atoms with Crippen LogP contribution >= 0.6 is 0 Å². The zero-order chi connectivity index (χ0) is 17.8. The number of nitrogens with zero attached hydrogens (tertiary/aromatic N) is 3. The number of ether oxygens (including phenoxy) is 2. The molecule has 1 aromatic carbocycles. The van der Waals surface area contributed by atoms with Crippen molar-refractivity contribution in [3.05, 3.63) is 60.3 Å². The van der Waals surface area contributed by atoms with Crippen LogP contribution in [0.25, 0.3) is 11.3 Å². The molecule has 0 saturated carbocycles. The van der Waals surface area contributed by atoms with Crippen LogP contribution in [0, 0.1) is 0 Å². The van der Waals surface area contributed by atoms with E-state index in [1.165, 1.54) is 0 Å². The molecular weight excluding hydrogens is 330 g/mol. The van der Waals surface area contributed by atoms with Crippen molar-refractivity contribution in [2.75, 3.05) is 6.61 Å². The molecule has 1 aliphatic rings. The van der Waals surface area contributed by atoms with Crippen molar-refractivity contribution in [3.8, 4) is 11.3 Å². The fourth-order valence-corrected chi connectivity index (χ4v) is 3.22. The molecule has 2 atom stereocenters. The maximum absolute atomic E-state index is 6.04. The number of aromatic nitrogens is 3. The van der Waals surface area contributed by atoms with E-state index in [4.69, 9.17) is 14.0 Å². The van der Waals surface area contributed by atoms with E-state index in [9.17, 15) is 0 Å². The molecule has 1 saturated heterocycles. The minimum atomic E-state index is -0.145. The normalized spacial score (nSPS) is 18.7. The second-order valence-corrected chi connectivity index (χ2v) is 6.54. The second kappa shape index (κ2) is 7.85. The topological polar surface area (TPSA) is 62.3 Å². The minimum absolute atomic E-state index is 0.138. The van der Waals surface area contributed by atoms with Gasteiger partial charge in [0.1, 0.15) is 17.6 Å². The first-order valence-electron chi connectivity index (χ1n) is 9.09. The van der Waals surface area contributed by atoms with Crippen LogP contribution in [0.2, 0.25) is 0 Å². The van der Waals surface area contributed by atoms with E-state index in [2.05, 4.69) is 10.1 Å². The summed E-state index contributed by atoms with van der Waals surface area (Å²) in [6, 6.07) is 11.9. The highest BCUT2D eigenvalue weighted by atomic mass is 16.7. The van der Waals surface area contributed by atoms with Crippen LogP contribution in [-0.2, 0) is 16.0 Å².